The number of hydrogen-bond acceptors (Lipinski definition) is 11. The zero-order valence-corrected chi connectivity index (χ0v) is 48.6. The smallest absolute Gasteiger partial charge is 0.408 e. The molecule has 12 nitrogen and oxygen atoms in total. The lowest BCUT2D eigenvalue weighted by molar-refractivity contribution is -0.169. The van der Waals surface area contributed by atoms with Gasteiger partial charge in [0.15, 0.2) is 0 Å². The van der Waals surface area contributed by atoms with E-state index in [0.29, 0.717) is 32.2 Å². The van der Waals surface area contributed by atoms with E-state index in [1.807, 2.05) is 0 Å². The second kappa shape index (κ2) is 52.2. The van der Waals surface area contributed by atoms with E-state index in [1.165, 1.54) is 148 Å². The zero-order valence-electron chi connectivity index (χ0n) is 48.6. The van der Waals surface area contributed by atoms with Crippen molar-refractivity contribution in [2.24, 2.45) is 0 Å². The summed E-state index contributed by atoms with van der Waals surface area (Å²) < 4.78 is 28.3. The average Bonchev–Trinajstić information content (AvgIpc) is 3.39. The minimum Gasteiger partial charge on any atom is -0.462 e. The van der Waals surface area contributed by atoms with Gasteiger partial charge in [-0.15, -0.1) is 0 Å². The van der Waals surface area contributed by atoms with E-state index in [-0.39, 0.29) is 37.4 Å². The molecule has 0 saturated carbocycles. The van der Waals surface area contributed by atoms with Crippen molar-refractivity contribution in [3.63, 3.8) is 0 Å². The predicted octanol–water partition coefficient (Wildman–Crippen LogP) is 16.6. The van der Waals surface area contributed by atoms with Gasteiger partial charge in [0.25, 0.3) is 6.10 Å². The maximum absolute atomic E-state index is 13.2. The van der Waals surface area contributed by atoms with Gasteiger partial charge in [-0.1, -0.05) is 201 Å². The van der Waals surface area contributed by atoms with Gasteiger partial charge >= 0.3 is 30.0 Å². The molecule has 12 heteroatoms. The Bertz CT molecular complexity index is 1220. The van der Waals surface area contributed by atoms with Crippen molar-refractivity contribution in [2.75, 3.05) is 39.4 Å². The van der Waals surface area contributed by atoms with Gasteiger partial charge in [-0.25, -0.2) is 14.4 Å². The number of carbonyl (C=O) groups is 5. The molecular formula is C62H116N2O10. The maximum atomic E-state index is 13.2. The first-order chi connectivity index (χ1) is 36.2. The van der Waals surface area contributed by atoms with E-state index < -0.39 is 24.1 Å². The SMILES string of the molecule is CCCCCCCCC(CCCCCCCC)OC(=O)CCCCCCCOC(=O)C(OC(=O)NCCCN1CCCCC1)C(=O)OCCCCCCCC(=O)OC(CCCCCCCC)CCCCCCCC. The molecule has 1 aliphatic heterocycles. The average molecular weight is 1050 g/mol. The standard InChI is InChI=1S/C62H116N2O10/c1-5-9-13-17-23-32-43-55(44-33-24-18-14-10-6-2)72-57(65)47-36-27-21-29-40-53-70-60(67)59(74-62(69)63-49-42-52-64-50-38-31-39-51-64)61(68)71-54-41-30-22-28-37-48-58(66)73-56(45-34-25-19-15-11-7-3)46-35-26-20-16-12-8-4/h55-56,59H,5-54H2,1-4H3,(H,63,69). The minimum atomic E-state index is -1.81. The van der Waals surface area contributed by atoms with Crippen LogP contribution in [0.4, 0.5) is 4.79 Å². The molecular weight excluding hydrogens is 933 g/mol. The van der Waals surface area contributed by atoms with Crippen LogP contribution in [0, 0.1) is 0 Å². The number of ether oxygens (including phenoxy) is 5. The number of rotatable bonds is 53. The summed E-state index contributed by atoms with van der Waals surface area (Å²) in [7, 11) is 0. The first-order valence-electron chi connectivity index (χ1n) is 31.6. The van der Waals surface area contributed by atoms with Crippen molar-refractivity contribution in [1.82, 2.24) is 10.2 Å². The third kappa shape index (κ3) is 43.2. The van der Waals surface area contributed by atoms with Gasteiger partial charge in [0.1, 0.15) is 12.2 Å². The number of nitrogens with zero attached hydrogens (tertiary/aromatic N) is 1. The van der Waals surface area contributed by atoms with Crippen molar-refractivity contribution < 1.29 is 47.7 Å². The Balaban J connectivity index is 2.51. The third-order valence-corrected chi connectivity index (χ3v) is 14.7. The molecule has 0 aromatic rings. The van der Waals surface area contributed by atoms with Crippen LogP contribution in [0.5, 0.6) is 0 Å². The summed E-state index contributed by atoms with van der Waals surface area (Å²) in [5.41, 5.74) is 0. The summed E-state index contributed by atoms with van der Waals surface area (Å²) in [4.78, 5) is 67.3. The number of likely N-dealkylation sites (tertiary alicyclic amines) is 1. The maximum Gasteiger partial charge on any atom is 0.408 e. The van der Waals surface area contributed by atoms with Gasteiger partial charge in [-0.3, -0.25) is 9.59 Å². The van der Waals surface area contributed by atoms with Gasteiger partial charge < -0.3 is 33.9 Å². The fourth-order valence-corrected chi connectivity index (χ4v) is 9.94. The molecule has 0 radical (unpaired) electrons. The summed E-state index contributed by atoms with van der Waals surface area (Å²) in [5.74, 6) is -2.07. The summed E-state index contributed by atoms with van der Waals surface area (Å²) in [5, 5.41) is 2.69. The second-order valence-electron chi connectivity index (χ2n) is 21.8. The first-order valence-corrected chi connectivity index (χ1v) is 31.6. The lowest BCUT2D eigenvalue weighted by Gasteiger charge is -2.26. The Morgan fingerprint density at radius 1 is 0.392 bits per heavy atom. The van der Waals surface area contributed by atoms with Crippen LogP contribution in [-0.4, -0.2) is 92.6 Å². The second-order valence-corrected chi connectivity index (χ2v) is 21.8. The Hall–Kier alpha value is -2.89. The van der Waals surface area contributed by atoms with Crippen LogP contribution < -0.4 is 5.32 Å². The summed E-state index contributed by atoms with van der Waals surface area (Å²) in [6, 6.07) is 0. The highest BCUT2D eigenvalue weighted by atomic mass is 16.6. The third-order valence-electron chi connectivity index (χ3n) is 14.7. The van der Waals surface area contributed by atoms with Crippen LogP contribution in [0.2, 0.25) is 0 Å². The molecule has 0 bridgehead atoms. The van der Waals surface area contributed by atoms with Crippen molar-refractivity contribution >= 4 is 30.0 Å². The van der Waals surface area contributed by atoms with Crippen molar-refractivity contribution in [2.45, 2.75) is 329 Å². The van der Waals surface area contributed by atoms with Crippen molar-refractivity contribution in [3.8, 4) is 0 Å². The van der Waals surface area contributed by atoms with Crippen LogP contribution >= 0.6 is 0 Å². The number of esters is 4. The van der Waals surface area contributed by atoms with Crippen molar-refractivity contribution in [3.05, 3.63) is 0 Å². The van der Waals surface area contributed by atoms with Gasteiger partial charge in [0, 0.05) is 19.4 Å². The molecule has 1 heterocycles. The van der Waals surface area contributed by atoms with Crippen LogP contribution in [0.15, 0.2) is 0 Å². The molecule has 1 N–H and O–H groups in total. The highest BCUT2D eigenvalue weighted by molar-refractivity contribution is 5.99. The lowest BCUT2D eigenvalue weighted by Crippen LogP contribution is -2.41. The lowest BCUT2D eigenvalue weighted by atomic mass is 10.0. The fourth-order valence-electron chi connectivity index (χ4n) is 9.94. The van der Waals surface area contributed by atoms with Crippen LogP contribution in [-0.2, 0) is 42.9 Å². The van der Waals surface area contributed by atoms with Gasteiger partial charge in [0.05, 0.1) is 13.2 Å². The summed E-state index contributed by atoms with van der Waals surface area (Å²) >= 11 is 0. The van der Waals surface area contributed by atoms with E-state index in [2.05, 4.69) is 37.9 Å². The quantitative estimate of drug-likeness (QED) is 0.0269. The topological polar surface area (TPSA) is 147 Å². The number of unbranched alkanes of at least 4 members (excludes halogenated alkanes) is 28. The highest BCUT2D eigenvalue weighted by Crippen LogP contribution is 2.21. The Morgan fingerprint density at radius 2 is 0.730 bits per heavy atom. The van der Waals surface area contributed by atoms with Crippen LogP contribution in [0.25, 0.3) is 0 Å². The first kappa shape index (κ1) is 69.1. The van der Waals surface area contributed by atoms with E-state index in [0.717, 1.165) is 129 Å². The van der Waals surface area contributed by atoms with E-state index in [4.69, 9.17) is 23.7 Å². The summed E-state index contributed by atoms with van der Waals surface area (Å²) in [6.07, 6.45) is 43.7. The fraction of sp³-hybridized carbons (Fsp3) is 0.919. The molecule has 0 atom stereocenters. The molecule has 0 aliphatic carbocycles. The van der Waals surface area contributed by atoms with E-state index in [1.54, 1.807) is 0 Å². The van der Waals surface area contributed by atoms with Gasteiger partial charge in [-0.2, -0.15) is 0 Å². The zero-order chi connectivity index (χ0) is 53.8. The molecule has 1 saturated heterocycles. The molecule has 1 fully saturated rings. The van der Waals surface area contributed by atoms with Crippen LogP contribution in [0.3, 0.4) is 0 Å². The molecule has 0 aromatic heterocycles. The molecule has 0 unspecified atom stereocenters. The number of hydrogen-bond donors (Lipinski definition) is 1. The number of piperidine rings is 1. The van der Waals surface area contributed by atoms with Gasteiger partial charge in [-0.05, 0) is 116 Å². The number of alkyl carbamates (subject to hydrolysis) is 1. The Kier molecular flexibility index (Phi) is 48.7. The van der Waals surface area contributed by atoms with Gasteiger partial charge in [0.2, 0.25) is 0 Å². The normalized spacial score (nSPS) is 12.9. The Labute approximate surface area is 454 Å². The molecule has 1 amide bonds. The molecule has 74 heavy (non-hydrogen) atoms. The predicted molar refractivity (Wildman–Crippen MR) is 302 cm³/mol. The van der Waals surface area contributed by atoms with Crippen molar-refractivity contribution in [1.29, 1.82) is 0 Å². The summed E-state index contributed by atoms with van der Waals surface area (Å²) in [6.45, 7) is 12.5. The minimum absolute atomic E-state index is 0.0207. The van der Waals surface area contributed by atoms with E-state index >= 15 is 0 Å². The highest BCUT2D eigenvalue weighted by Gasteiger charge is 2.34. The molecule has 1 rings (SSSR count). The van der Waals surface area contributed by atoms with Crippen LogP contribution in [0.1, 0.15) is 310 Å². The molecule has 1 aliphatic rings. The molecule has 434 valence electrons. The number of amides is 1. The largest absolute Gasteiger partial charge is 0.462 e. The monoisotopic (exact) mass is 1050 g/mol. The Morgan fingerprint density at radius 3 is 1.11 bits per heavy atom. The number of nitrogens with one attached hydrogen (secondary N) is 1. The molecule has 0 aromatic carbocycles. The number of carbonyl (C=O) groups excluding carboxylic acids is 5. The molecule has 0 spiro atoms. The van der Waals surface area contributed by atoms with E-state index in [9.17, 15) is 24.0 Å².